The zero-order chi connectivity index (χ0) is 12.1. The fourth-order valence-corrected chi connectivity index (χ4v) is 16.9. The van der Waals surface area contributed by atoms with Crippen molar-refractivity contribution in [2.45, 2.75) is 6.42 Å². The minimum atomic E-state index is 1.05. The van der Waals surface area contributed by atoms with Gasteiger partial charge in [0.25, 0.3) is 0 Å². The molecule has 0 bridgehead atoms. The van der Waals surface area contributed by atoms with Gasteiger partial charge in [0, 0.05) is 0 Å². The molecule has 13 rings (SSSR count). The summed E-state index contributed by atoms with van der Waals surface area (Å²) in [6.07, 6.45) is 1.81. The second kappa shape index (κ2) is 1.61. The van der Waals surface area contributed by atoms with Gasteiger partial charge in [0.05, 0.1) is 0 Å². The molecule has 0 heterocycles. The maximum Gasteiger partial charge on any atom is -0.0161 e. The molecule has 0 aromatic heterocycles. The maximum absolute atomic E-state index is 1.81. The van der Waals surface area contributed by atoms with Crippen LogP contribution >= 0.6 is 0 Å². The first-order chi connectivity index (χ1) is 10.4. The Kier molecular flexibility index (Phi) is 0.628. The van der Waals surface area contributed by atoms with Crippen LogP contribution in [0.15, 0.2) is 0 Å². The summed E-state index contributed by atoms with van der Waals surface area (Å²) in [7, 11) is 0. The first kappa shape index (κ1) is 8.20. The number of hydrogen-bond donors (Lipinski definition) is 0. The molecule has 0 aliphatic heterocycles. The van der Waals surface area contributed by atoms with Crippen LogP contribution in [0.2, 0.25) is 0 Å². The summed E-state index contributed by atoms with van der Waals surface area (Å²) in [5, 5.41) is 0. The third-order valence-corrected chi connectivity index (χ3v) is 14.6. The van der Waals surface area contributed by atoms with E-state index < -0.39 is 0 Å². The minimum Gasteiger partial charge on any atom is -0.0396 e. The predicted molar refractivity (Wildman–Crippen MR) is 72.3 cm³/mol. The highest BCUT2D eigenvalue weighted by Crippen LogP contribution is 3.12. The van der Waals surface area contributed by atoms with E-state index in [4.69, 9.17) is 0 Å². The van der Waals surface area contributed by atoms with E-state index in [0.717, 1.165) is 10.8 Å². The van der Waals surface area contributed by atoms with Gasteiger partial charge >= 0.3 is 0 Å². The Morgan fingerprint density at radius 1 is 0.333 bits per heavy atom. The van der Waals surface area contributed by atoms with Gasteiger partial charge in [-0.3, -0.25) is 0 Å². The van der Waals surface area contributed by atoms with Crippen LogP contribution in [-0.2, 0) is 0 Å². The van der Waals surface area contributed by atoms with Gasteiger partial charge in [0.2, 0.25) is 0 Å². The largest absolute Gasteiger partial charge is 0.0396 e. The second-order valence-corrected chi connectivity index (χ2v) is 12.4. The lowest BCUT2D eigenvalue weighted by Crippen LogP contribution is -2.29. The molecule has 0 radical (unpaired) electrons. The molecule has 2 spiro atoms. The van der Waals surface area contributed by atoms with Crippen LogP contribution in [0.1, 0.15) is 6.42 Å². The van der Waals surface area contributed by atoms with Crippen molar-refractivity contribution in [2.75, 3.05) is 0 Å². The van der Waals surface area contributed by atoms with Gasteiger partial charge < -0.3 is 0 Å². The molecule has 8 unspecified atom stereocenters. The second-order valence-electron chi connectivity index (χ2n) is 12.4. The Morgan fingerprint density at radius 2 is 0.619 bits per heavy atom. The predicted octanol–water partition coefficient (Wildman–Crippen LogP) is 2.60. The van der Waals surface area contributed by atoms with Crippen molar-refractivity contribution >= 4 is 0 Å². The maximum atomic E-state index is 1.81. The molecule has 20 atom stereocenters. The third-order valence-electron chi connectivity index (χ3n) is 14.6. The summed E-state index contributed by atoms with van der Waals surface area (Å²) >= 11 is 0. The Balaban J connectivity index is 1.48. The van der Waals surface area contributed by atoms with Crippen molar-refractivity contribution in [3.63, 3.8) is 0 Å². The summed E-state index contributed by atoms with van der Waals surface area (Å²) in [5.41, 5.74) is 2.09. The van der Waals surface area contributed by atoms with Crippen molar-refractivity contribution < 1.29 is 0 Å². The summed E-state index contributed by atoms with van der Waals surface area (Å²) in [6, 6.07) is 0. The van der Waals surface area contributed by atoms with Crippen molar-refractivity contribution in [3.05, 3.63) is 0 Å². The molecule has 13 aliphatic rings. The van der Waals surface area contributed by atoms with Gasteiger partial charge in [-0.05, 0) is 124 Å². The van der Waals surface area contributed by atoms with Crippen LogP contribution in [0.4, 0.5) is 0 Å². The van der Waals surface area contributed by atoms with Crippen molar-refractivity contribution in [1.82, 2.24) is 0 Å². The molecule has 0 amide bonds. The van der Waals surface area contributed by atoms with E-state index in [0.29, 0.717) is 0 Å². The molecule has 13 saturated carbocycles. The summed E-state index contributed by atoms with van der Waals surface area (Å²) in [4.78, 5) is 0. The highest BCUT2D eigenvalue weighted by molar-refractivity contribution is 5.55. The van der Waals surface area contributed by atoms with Gasteiger partial charge in [-0.25, -0.2) is 0 Å². The van der Waals surface area contributed by atoms with Gasteiger partial charge in [-0.15, -0.1) is 0 Å². The molecule has 0 heteroatoms. The van der Waals surface area contributed by atoms with Crippen molar-refractivity contribution in [3.8, 4) is 0 Å². The van der Waals surface area contributed by atoms with E-state index >= 15 is 0 Å². The highest BCUT2D eigenvalue weighted by atomic mass is 15.1. The Morgan fingerprint density at radius 3 is 1.00 bits per heavy atom. The van der Waals surface area contributed by atoms with E-state index in [1.165, 1.54) is 107 Å². The summed E-state index contributed by atoms with van der Waals surface area (Å²) in [6.45, 7) is 0. The fraction of sp³-hybridized carbons (Fsp3) is 1.00. The van der Waals surface area contributed by atoms with Crippen molar-refractivity contribution in [2.24, 2.45) is 117 Å². The fourth-order valence-electron chi connectivity index (χ4n) is 16.9. The topological polar surface area (TPSA) is 0 Å². The zero-order valence-corrected chi connectivity index (χ0v) is 12.1. The Bertz CT molecular complexity index is 667. The van der Waals surface area contributed by atoms with E-state index in [9.17, 15) is 0 Å². The van der Waals surface area contributed by atoms with E-state index in [1.54, 1.807) is 0 Å². The SMILES string of the molecule is C1C23[C@@H]4C5C6[C@H]7C8C9[C@H]6[C@H]4[C@@H]4[C@@H]9C6C([C@H]42)[C@H]2[C@@H]([C@H]86)[C@@H]7[C@H]5C123. The molecule has 21 heavy (non-hydrogen) atoms. The molecule has 0 saturated heterocycles. The monoisotopic (exact) mass is 272 g/mol. The smallest absolute Gasteiger partial charge is 0.0161 e. The third kappa shape index (κ3) is 0.345. The lowest BCUT2D eigenvalue weighted by atomic mass is 9.72. The normalized spacial score (nSPS) is 112. The van der Waals surface area contributed by atoms with E-state index in [-0.39, 0.29) is 0 Å². The van der Waals surface area contributed by atoms with Gasteiger partial charge in [0.15, 0.2) is 0 Å². The van der Waals surface area contributed by atoms with Crippen molar-refractivity contribution in [1.29, 1.82) is 0 Å². The van der Waals surface area contributed by atoms with Crippen LogP contribution in [0, 0.1) is 117 Å². The van der Waals surface area contributed by atoms with Crippen LogP contribution in [0.3, 0.4) is 0 Å². The average Bonchev–Trinajstić information content (AvgIpc) is 3.09. The van der Waals surface area contributed by atoms with E-state index in [1.807, 2.05) is 6.42 Å². The van der Waals surface area contributed by atoms with Crippen LogP contribution in [-0.4, -0.2) is 0 Å². The van der Waals surface area contributed by atoms with Gasteiger partial charge in [-0.2, -0.15) is 0 Å². The minimum absolute atomic E-state index is 1.05. The van der Waals surface area contributed by atoms with Gasteiger partial charge in [-0.1, -0.05) is 0 Å². The molecular formula is C21H20. The lowest BCUT2D eigenvalue weighted by molar-refractivity contribution is 0.143. The quantitative estimate of drug-likeness (QED) is 0.636. The van der Waals surface area contributed by atoms with E-state index in [2.05, 4.69) is 0 Å². The van der Waals surface area contributed by atoms with Crippen LogP contribution < -0.4 is 0 Å². The first-order valence-electron chi connectivity index (χ1n) is 10.4. The number of hydrogen-bond acceptors (Lipinski definition) is 0. The standard InChI is InChI=1S/C21H20/c1-20-16-10-4-2-3-6-8(4)14(16)18-12(6)13-7(3)9-5(2)11(10)17(20)15(9)19(13)21(1,18)20/h2-19H,1H2/t2?,3?,4-,5-,6-,7+,8?,9?,10-,11+,12+,13+,14?,15?,16-,17-,18+,19+,20?,21?/m1/s1. The lowest BCUT2D eigenvalue weighted by Gasteiger charge is -2.32. The molecule has 13 aliphatic carbocycles. The highest BCUT2D eigenvalue weighted by Gasteiger charge is 3.09. The molecule has 0 aromatic rings. The summed E-state index contributed by atoms with van der Waals surface area (Å²) < 4.78 is 0. The van der Waals surface area contributed by atoms with Crippen LogP contribution in [0.5, 0.6) is 0 Å². The summed E-state index contributed by atoms with van der Waals surface area (Å²) in [5.74, 6) is 24.1. The Labute approximate surface area is 124 Å². The zero-order valence-electron chi connectivity index (χ0n) is 12.1. The molecule has 13 fully saturated rings. The molecule has 0 N–H and O–H groups in total. The molecule has 0 aromatic carbocycles. The van der Waals surface area contributed by atoms with Crippen LogP contribution in [0.25, 0.3) is 0 Å². The van der Waals surface area contributed by atoms with Gasteiger partial charge in [0.1, 0.15) is 0 Å². The number of rotatable bonds is 0. The molecular weight excluding hydrogens is 252 g/mol. The molecule has 0 nitrogen and oxygen atoms in total. The molecule has 104 valence electrons. The Hall–Kier alpha value is 0. The first-order valence-corrected chi connectivity index (χ1v) is 10.4. The average molecular weight is 272 g/mol.